The summed E-state index contributed by atoms with van der Waals surface area (Å²) in [5.41, 5.74) is 0.854. The van der Waals surface area contributed by atoms with E-state index in [1.807, 2.05) is 20.0 Å². The van der Waals surface area contributed by atoms with Crippen molar-refractivity contribution >= 4 is 5.91 Å². The SMILES string of the molecule is CCCCCNC(=O)C(C)n1cc(CNCC)nn1. The van der Waals surface area contributed by atoms with Gasteiger partial charge in [0.2, 0.25) is 5.91 Å². The number of nitrogens with zero attached hydrogens (tertiary/aromatic N) is 3. The summed E-state index contributed by atoms with van der Waals surface area (Å²) < 4.78 is 1.61. The van der Waals surface area contributed by atoms with Crippen LogP contribution in [0.1, 0.15) is 51.8 Å². The lowest BCUT2D eigenvalue weighted by Gasteiger charge is -2.11. The molecule has 6 heteroatoms. The molecule has 1 aromatic rings. The summed E-state index contributed by atoms with van der Waals surface area (Å²) in [6.45, 7) is 8.32. The molecule has 1 unspecified atom stereocenters. The van der Waals surface area contributed by atoms with Crippen LogP contribution in [-0.4, -0.2) is 34.0 Å². The molecule has 0 aliphatic heterocycles. The fourth-order valence-electron chi connectivity index (χ4n) is 1.69. The molecule has 0 aliphatic rings. The van der Waals surface area contributed by atoms with Gasteiger partial charge in [0.25, 0.3) is 0 Å². The Balaban J connectivity index is 2.40. The van der Waals surface area contributed by atoms with Crippen LogP contribution in [0.25, 0.3) is 0 Å². The first-order chi connectivity index (χ1) is 9.19. The van der Waals surface area contributed by atoms with Crippen LogP contribution < -0.4 is 10.6 Å². The van der Waals surface area contributed by atoms with Crippen molar-refractivity contribution in [3.8, 4) is 0 Å². The third-order valence-corrected chi connectivity index (χ3v) is 2.97. The van der Waals surface area contributed by atoms with E-state index in [-0.39, 0.29) is 11.9 Å². The molecule has 108 valence electrons. The normalized spacial score (nSPS) is 12.4. The Morgan fingerprint density at radius 1 is 1.42 bits per heavy atom. The van der Waals surface area contributed by atoms with E-state index >= 15 is 0 Å². The van der Waals surface area contributed by atoms with E-state index in [4.69, 9.17) is 0 Å². The van der Waals surface area contributed by atoms with E-state index in [0.717, 1.165) is 38.0 Å². The number of carbonyl (C=O) groups excluding carboxylic acids is 1. The molecule has 0 saturated carbocycles. The second-order valence-corrected chi connectivity index (χ2v) is 4.64. The van der Waals surface area contributed by atoms with E-state index in [1.54, 1.807) is 4.68 Å². The lowest BCUT2D eigenvalue weighted by Crippen LogP contribution is -2.32. The topological polar surface area (TPSA) is 71.8 Å². The van der Waals surface area contributed by atoms with Crippen molar-refractivity contribution < 1.29 is 4.79 Å². The van der Waals surface area contributed by atoms with E-state index in [1.165, 1.54) is 0 Å². The molecule has 0 fully saturated rings. The predicted octanol–water partition coefficient (Wildman–Crippen LogP) is 1.25. The second-order valence-electron chi connectivity index (χ2n) is 4.64. The summed E-state index contributed by atoms with van der Waals surface area (Å²) in [6.07, 6.45) is 5.14. The van der Waals surface area contributed by atoms with E-state index in [9.17, 15) is 4.79 Å². The minimum Gasteiger partial charge on any atom is -0.354 e. The lowest BCUT2D eigenvalue weighted by atomic mass is 10.2. The van der Waals surface area contributed by atoms with Gasteiger partial charge >= 0.3 is 0 Å². The summed E-state index contributed by atoms with van der Waals surface area (Å²) in [5, 5.41) is 14.1. The highest BCUT2D eigenvalue weighted by Gasteiger charge is 2.15. The Morgan fingerprint density at radius 2 is 2.21 bits per heavy atom. The molecule has 6 nitrogen and oxygen atoms in total. The number of unbranched alkanes of at least 4 members (excludes halogenated alkanes) is 2. The summed E-state index contributed by atoms with van der Waals surface area (Å²) in [7, 11) is 0. The third kappa shape index (κ3) is 5.38. The quantitative estimate of drug-likeness (QED) is 0.661. The Bertz CT molecular complexity index is 377. The van der Waals surface area contributed by atoms with Gasteiger partial charge in [-0.2, -0.15) is 0 Å². The number of rotatable bonds is 9. The summed E-state index contributed by atoms with van der Waals surface area (Å²) in [6, 6.07) is -0.315. The van der Waals surface area contributed by atoms with Crippen LogP contribution in [0.4, 0.5) is 0 Å². The Morgan fingerprint density at radius 3 is 2.89 bits per heavy atom. The number of nitrogens with one attached hydrogen (secondary N) is 2. The van der Waals surface area contributed by atoms with E-state index in [2.05, 4.69) is 27.9 Å². The first kappa shape index (κ1) is 15.6. The average molecular weight is 267 g/mol. The Hall–Kier alpha value is -1.43. The zero-order valence-electron chi connectivity index (χ0n) is 12.1. The number of hydrogen-bond donors (Lipinski definition) is 2. The van der Waals surface area contributed by atoms with Crippen molar-refractivity contribution in [3.63, 3.8) is 0 Å². The molecular weight excluding hydrogens is 242 g/mol. The van der Waals surface area contributed by atoms with Crippen LogP contribution in [0.2, 0.25) is 0 Å². The molecule has 1 aromatic heterocycles. The van der Waals surface area contributed by atoms with Gasteiger partial charge in [-0.25, -0.2) is 4.68 Å². The maximum absolute atomic E-state index is 11.9. The molecule has 0 radical (unpaired) electrons. The van der Waals surface area contributed by atoms with Crippen LogP contribution in [0.3, 0.4) is 0 Å². The first-order valence-electron chi connectivity index (χ1n) is 7.08. The maximum atomic E-state index is 11.9. The van der Waals surface area contributed by atoms with Crippen LogP contribution >= 0.6 is 0 Å². The maximum Gasteiger partial charge on any atom is 0.244 e. The fourth-order valence-corrected chi connectivity index (χ4v) is 1.69. The van der Waals surface area contributed by atoms with E-state index in [0.29, 0.717) is 6.54 Å². The van der Waals surface area contributed by atoms with Gasteiger partial charge in [0, 0.05) is 13.1 Å². The standard InChI is InChI=1S/C13H25N5O/c1-4-6-7-8-15-13(19)11(3)18-10-12(16-17-18)9-14-5-2/h10-11,14H,4-9H2,1-3H3,(H,15,19). The fraction of sp³-hybridized carbons (Fsp3) is 0.769. The Kier molecular flexibility index (Phi) is 7.10. The van der Waals surface area contributed by atoms with Crippen molar-refractivity contribution in [1.82, 2.24) is 25.6 Å². The number of carbonyl (C=O) groups is 1. The molecule has 2 N–H and O–H groups in total. The molecular formula is C13H25N5O. The van der Waals surface area contributed by atoms with Crippen molar-refractivity contribution in [2.45, 2.75) is 52.6 Å². The predicted molar refractivity (Wildman–Crippen MR) is 74.6 cm³/mol. The van der Waals surface area contributed by atoms with Crippen LogP contribution in [-0.2, 0) is 11.3 Å². The molecule has 19 heavy (non-hydrogen) atoms. The summed E-state index contributed by atoms with van der Waals surface area (Å²) >= 11 is 0. The minimum atomic E-state index is -0.315. The van der Waals surface area contributed by atoms with Crippen molar-refractivity contribution in [3.05, 3.63) is 11.9 Å². The zero-order valence-corrected chi connectivity index (χ0v) is 12.1. The lowest BCUT2D eigenvalue weighted by molar-refractivity contribution is -0.124. The number of aromatic nitrogens is 3. The third-order valence-electron chi connectivity index (χ3n) is 2.97. The summed E-state index contributed by atoms with van der Waals surface area (Å²) in [4.78, 5) is 11.9. The highest BCUT2D eigenvalue weighted by Crippen LogP contribution is 2.05. The summed E-state index contributed by atoms with van der Waals surface area (Å²) in [5.74, 6) is -0.00370. The highest BCUT2D eigenvalue weighted by molar-refractivity contribution is 5.79. The van der Waals surface area contributed by atoms with Gasteiger partial charge in [-0.1, -0.05) is 31.9 Å². The second kappa shape index (κ2) is 8.63. The first-order valence-corrected chi connectivity index (χ1v) is 7.08. The molecule has 1 amide bonds. The van der Waals surface area contributed by atoms with Crippen LogP contribution in [0, 0.1) is 0 Å². The smallest absolute Gasteiger partial charge is 0.244 e. The minimum absolute atomic E-state index is 0.00370. The highest BCUT2D eigenvalue weighted by atomic mass is 16.2. The van der Waals surface area contributed by atoms with Gasteiger partial charge in [-0.3, -0.25) is 4.79 Å². The molecule has 0 aromatic carbocycles. The molecule has 0 spiro atoms. The molecule has 1 atom stereocenters. The van der Waals surface area contributed by atoms with Gasteiger partial charge in [0.05, 0.1) is 11.9 Å². The monoisotopic (exact) mass is 267 g/mol. The van der Waals surface area contributed by atoms with Crippen molar-refractivity contribution in [2.24, 2.45) is 0 Å². The number of amides is 1. The van der Waals surface area contributed by atoms with Crippen LogP contribution in [0.5, 0.6) is 0 Å². The largest absolute Gasteiger partial charge is 0.354 e. The van der Waals surface area contributed by atoms with Gasteiger partial charge in [-0.15, -0.1) is 5.10 Å². The molecule has 0 saturated heterocycles. The molecule has 0 aliphatic carbocycles. The Labute approximate surface area is 115 Å². The molecule has 1 rings (SSSR count). The zero-order chi connectivity index (χ0) is 14.1. The van der Waals surface area contributed by atoms with Gasteiger partial charge in [-0.05, 0) is 19.9 Å². The van der Waals surface area contributed by atoms with Crippen LogP contribution in [0.15, 0.2) is 6.20 Å². The van der Waals surface area contributed by atoms with E-state index < -0.39 is 0 Å². The van der Waals surface area contributed by atoms with Gasteiger partial charge in [0.1, 0.15) is 6.04 Å². The van der Waals surface area contributed by atoms with Crippen molar-refractivity contribution in [2.75, 3.05) is 13.1 Å². The average Bonchev–Trinajstić information content (AvgIpc) is 2.89. The van der Waals surface area contributed by atoms with Gasteiger partial charge in [0.15, 0.2) is 0 Å². The molecule has 1 heterocycles. The van der Waals surface area contributed by atoms with Gasteiger partial charge < -0.3 is 10.6 Å². The number of hydrogen-bond acceptors (Lipinski definition) is 4. The van der Waals surface area contributed by atoms with Crippen molar-refractivity contribution in [1.29, 1.82) is 0 Å². The molecule has 0 bridgehead atoms.